The first-order valence-corrected chi connectivity index (χ1v) is 7.24. The van der Waals surface area contributed by atoms with E-state index in [1.54, 1.807) is 7.05 Å². The number of hydrogen-bond donors (Lipinski definition) is 0. The fourth-order valence-corrected chi connectivity index (χ4v) is 2.56. The minimum atomic E-state index is -0.0684. The smallest absolute Gasteiger partial charge is 0.255 e. The van der Waals surface area contributed by atoms with Crippen LogP contribution in [-0.2, 0) is 4.79 Å². The Balaban J connectivity index is 2.27. The van der Waals surface area contributed by atoms with Crippen molar-refractivity contribution >= 4 is 17.5 Å². The Morgan fingerprint density at radius 3 is 2.25 bits per heavy atom. The van der Waals surface area contributed by atoms with E-state index < -0.39 is 0 Å². The van der Waals surface area contributed by atoms with Crippen LogP contribution in [0.1, 0.15) is 43.0 Å². The molecular formula is C16H22N2O2. The van der Waals surface area contributed by atoms with Crippen molar-refractivity contribution in [2.75, 3.05) is 25.0 Å². The maximum atomic E-state index is 12.7. The molecule has 4 nitrogen and oxygen atoms in total. The van der Waals surface area contributed by atoms with Gasteiger partial charge in [0.15, 0.2) is 0 Å². The number of anilines is 1. The molecule has 1 heterocycles. The van der Waals surface area contributed by atoms with Crippen molar-refractivity contribution in [1.29, 1.82) is 0 Å². The summed E-state index contributed by atoms with van der Waals surface area (Å²) >= 11 is 0. The number of nitrogens with zero attached hydrogens (tertiary/aromatic N) is 2. The number of para-hydroxylation sites is 1. The summed E-state index contributed by atoms with van der Waals surface area (Å²) in [5.74, 6) is -0.0308. The quantitative estimate of drug-likeness (QED) is 0.832. The number of benzene rings is 1. The number of carbonyl (C=O) groups excluding carboxylic acids is 2. The standard InChI is InChI=1S/C16H22N2O2/c1-13(19)17(2)15-10-6-5-9-14(15)16(20)18-11-7-3-4-8-12-18/h5-6,9-10H,3-4,7-8,11-12H2,1-2H3. The van der Waals surface area contributed by atoms with E-state index in [4.69, 9.17) is 0 Å². The molecule has 1 saturated heterocycles. The molecule has 1 aromatic carbocycles. The van der Waals surface area contributed by atoms with Crippen LogP contribution in [0.25, 0.3) is 0 Å². The van der Waals surface area contributed by atoms with Crippen molar-refractivity contribution in [3.63, 3.8) is 0 Å². The average molecular weight is 274 g/mol. The highest BCUT2D eigenvalue weighted by Crippen LogP contribution is 2.22. The fraction of sp³-hybridized carbons (Fsp3) is 0.500. The van der Waals surface area contributed by atoms with Crippen LogP contribution in [0.3, 0.4) is 0 Å². The molecule has 0 aliphatic carbocycles. The summed E-state index contributed by atoms with van der Waals surface area (Å²) in [5.41, 5.74) is 1.31. The highest BCUT2D eigenvalue weighted by molar-refractivity contribution is 6.04. The molecule has 20 heavy (non-hydrogen) atoms. The van der Waals surface area contributed by atoms with Crippen LogP contribution in [0.2, 0.25) is 0 Å². The summed E-state index contributed by atoms with van der Waals surface area (Å²) < 4.78 is 0. The van der Waals surface area contributed by atoms with E-state index >= 15 is 0 Å². The Hall–Kier alpha value is -1.84. The molecule has 0 atom stereocenters. The molecule has 2 amide bonds. The van der Waals surface area contributed by atoms with Crippen LogP contribution in [0, 0.1) is 0 Å². The minimum Gasteiger partial charge on any atom is -0.339 e. The van der Waals surface area contributed by atoms with E-state index in [9.17, 15) is 9.59 Å². The van der Waals surface area contributed by atoms with Gasteiger partial charge in [-0.1, -0.05) is 25.0 Å². The summed E-state index contributed by atoms with van der Waals surface area (Å²) in [6.45, 7) is 3.14. The van der Waals surface area contributed by atoms with Gasteiger partial charge in [-0.2, -0.15) is 0 Å². The maximum absolute atomic E-state index is 12.7. The van der Waals surface area contributed by atoms with Gasteiger partial charge in [-0.05, 0) is 25.0 Å². The molecule has 1 aliphatic heterocycles. The van der Waals surface area contributed by atoms with Crippen LogP contribution >= 0.6 is 0 Å². The average Bonchev–Trinajstić information content (AvgIpc) is 2.74. The largest absolute Gasteiger partial charge is 0.339 e. The molecule has 4 heteroatoms. The van der Waals surface area contributed by atoms with Crippen LogP contribution in [0.5, 0.6) is 0 Å². The SMILES string of the molecule is CC(=O)N(C)c1ccccc1C(=O)N1CCCCCC1. The number of amides is 2. The van der Waals surface area contributed by atoms with Crippen molar-refractivity contribution in [2.24, 2.45) is 0 Å². The Morgan fingerprint density at radius 1 is 1.05 bits per heavy atom. The van der Waals surface area contributed by atoms with Crippen molar-refractivity contribution in [1.82, 2.24) is 4.90 Å². The van der Waals surface area contributed by atoms with E-state index in [0.717, 1.165) is 25.9 Å². The molecule has 0 aromatic heterocycles. The second-order valence-electron chi connectivity index (χ2n) is 5.30. The molecule has 1 fully saturated rings. The van der Waals surface area contributed by atoms with Crippen LogP contribution in [0.15, 0.2) is 24.3 Å². The van der Waals surface area contributed by atoms with Crippen molar-refractivity contribution in [3.8, 4) is 0 Å². The molecular weight excluding hydrogens is 252 g/mol. The Labute approximate surface area is 120 Å². The third-order valence-corrected chi connectivity index (χ3v) is 3.86. The van der Waals surface area contributed by atoms with Gasteiger partial charge in [0.1, 0.15) is 0 Å². The van der Waals surface area contributed by atoms with Gasteiger partial charge < -0.3 is 9.80 Å². The summed E-state index contributed by atoms with van der Waals surface area (Å²) in [6, 6.07) is 7.34. The third-order valence-electron chi connectivity index (χ3n) is 3.86. The van der Waals surface area contributed by atoms with Gasteiger partial charge in [-0.3, -0.25) is 9.59 Å². The molecule has 108 valence electrons. The first-order chi connectivity index (χ1) is 9.61. The fourth-order valence-electron chi connectivity index (χ4n) is 2.56. The molecule has 1 aromatic rings. The zero-order chi connectivity index (χ0) is 14.5. The topological polar surface area (TPSA) is 40.6 Å². The molecule has 0 bridgehead atoms. The molecule has 0 spiro atoms. The lowest BCUT2D eigenvalue weighted by atomic mass is 10.1. The lowest BCUT2D eigenvalue weighted by Crippen LogP contribution is -2.34. The third kappa shape index (κ3) is 3.18. The normalized spacial score (nSPS) is 15.6. The monoisotopic (exact) mass is 274 g/mol. The van der Waals surface area contributed by atoms with E-state index in [2.05, 4.69) is 0 Å². The predicted octanol–water partition coefficient (Wildman–Crippen LogP) is 2.69. The zero-order valence-corrected chi connectivity index (χ0v) is 12.3. The minimum absolute atomic E-state index is 0.0376. The van der Waals surface area contributed by atoms with E-state index in [-0.39, 0.29) is 11.8 Å². The number of carbonyl (C=O) groups is 2. The lowest BCUT2D eigenvalue weighted by Gasteiger charge is -2.24. The van der Waals surface area contributed by atoms with Gasteiger partial charge in [0.05, 0.1) is 11.3 Å². The highest BCUT2D eigenvalue weighted by atomic mass is 16.2. The predicted molar refractivity (Wildman–Crippen MR) is 79.9 cm³/mol. The second-order valence-corrected chi connectivity index (χ2v) is 5.30. The maximum Gasteiger partial charge on any atom is 0.255 e. The molecule has 2 rings (SSSR count). The second kappa shape index (κ2) is 6.55. The van der Waals surface area contributed by atoms with Crippen molar-refractivity contribution in [3.05, 3.63) is 29.8 Å². The Morgan fingerprint density at radius 2 is 1.65 bits per heavy atom. The number of likely N-dealkylation sites (tertiary alicyclic amines) is 1. The lowest BCUT2D eigenvalue weighted by molar-refractivity contribution is -0.116. The number of rotatable bonds is 2. The first-order valence-electron chi connectivity index (χ1n) is 7.24. The summed E-state index contributed by atoms with van der Waals surface area (Å²) in [4.78, 5) is 27.7. The highest BCUT2D eigenvalue weighted by Gasteiger charge is 2.21. The molecule has 0 saturated carbocycles. The Bertz CT molecular complexity index is 491. The van der Waals surface area contributed by atoms with Crippen molar-refractivity contribution in [2.45, 2.75) is 32.6 Å². The van der Waals surface area contributed by atoms with Crippen molar-refractivity contribution < 1.29 is 9.59 Å². The Kier molecular flexibility index (Phi) is 4.77. The van der Waals surface area contributed by atoms with Gasteiger partial charge in [0.2, 0.25) is 5.91 Å². The molecule has 0 N–H and O–H groups in total. The van der Waals surface area contributed by atoms with E-state index in [1.165, 1.54) is 24.7 Å². The zero-order valence-electron chi connectivity index (χ0n) is 12.3. The van der Waals surface area contributed by atoms with Crippen LogP contribution in [-0.4, -0.2) is 36.9 Å². The summed E-state index contributed by atoms with van der Waals surface area (Å²) in [5, 5.41) is 0. The van der Waals surface area contributed by atoms with Gasteiger partial charge in [0, 0.05) is 27.1 Å². The molecule has 0 unspecified atom stereocenters. The number of hydrogen-bond acceptors (Lipinski definition) is 2. The summed E-state index contributed by atoms with van der Waals surface area (Å²) in [7, 11) is 1.71. The van der Waals surface area contributed by atoms with E-state index in [1.807, 2.05) is 29.2 Å². The van der Waals surface area contributed by atoms with Gasteiger partial charge in [-0.25, -0.2) is 0 Å². The summed E-state index contributed by atoms with van der Waals surface area (Å²) in [6.07, 6.45) is 4.52. The van der Waals surface area contributed by atoms with Gasteiger partial charge >= 0.3 is 0 Å². The molecule has 1 aliphatic rings. The molecule has 0 radical (unpaired) electrons. The van der Waals surface area contributed by atoms with Crippen LogP contribution in [0.4, 0.5) is 5.69 Å². The van der Waals surface area contributed by atoms with Crippen LogP contribution < -0.4 is 4.90 Å². The van der Waals surface area contributed by atoms with Gasteiger partial charge in [0.25, 0.3) is 5.91 Å². The van der Waals surface area contributed by atoms with Gasteiger partial charge in [-0.15, -0.1) is 0 Å². The van der Waals surface area contributed by atoms with E-state index in [0.29, 0.717) is 11.3 Å². The first kappa shape index (κ1) is 14.6.